The highest BCUT2D eigenvalue weighted by Gasteiger charge is 2.35. The molecule has 0 radical (unpaired) electrons. The van der Waals surface area contributed by atoms with Gasteiger partial charge in [-0.1, -0.05) is 38.1 Å². The molecule has 0 spiro atoms. The van der Waals surface area contributed by atoms with Crippen LogP contribution in [-0.4, -0.2) is 72.5 Å². The lowest BCUT2D eigenvalue weighted by atomic mass is 10.0. The highest BCUT2D eigenvalue weighted by atomic mass is 19.1. The minimum atomic E-state index is -0.805. The summed E-state index contributed by atoms with van der Waals surface area (Å²) in [5.41, 5.74) is -0.104. The number of halogens is 1. The maximum Gasteiger partial charge on any atom is 0.267 e. The molecule has 0 saturated carbocycles. The van der Waals surface area contributed by atoms with Crippen molar-refractivity contribution in [1.82, 2.24) is 15.1 Å². The van der Waals surface area contributed by atoms with Crippen molar-refractivity contribution in [2.24, 2.45) is 5.92 Å². The minimum absolute atomic E-state index is 0.104. The molecule has 9 heteroatoms. The number of piperazine rings is 1. The molecule has 0 unspecified atom stereocenters. The summed E-state index contributed by atoms with van der Waals surface area (Å²) in [6, 6.07) is 12.1. The zero-order valence-corrected chi connectivity index (χ0v) is 19.2. The Kier molecular flexibility index (Phi) is 7.00. The van der Waals surface area contributed by atoms with Crippen molar-refractivity contribution in [2.45, 2.75) is 26.0 Å². The van der Waals surface area contributed by atoms with E-state index < -0.39 is 23.9 Å². The number of nitrogens with one attached hydrogen (secondary N) is 1. The van der Waals surface area contributed by atoms with E-state index >= 15 is 0 Å². The van der Waals surface area contributed by atoms with Crippen molar-refractivity contribution in [1.29, 1.82) is 0 Å². The lowest BCUT2D eigenvalue weighted by Gasteiger charge is -2.38. The topological polar surface area (TPSA) is 88.2 Å². The molecule has 2 atom stereocenters. The van der Waals surface area contributed by atoms with Gasteiger partial charge in [-0.05, 0) is 30.2 Å². The van der Waals surface area contributed by atoms with Gasteiger partial charge in [0.25, 0.3) is 11.8 Å². The van der Waals surface area contributed by atoms with E-state index in [4.69, 9.17) is 9.47 Å². The van der Waals surface area contributed by atoms with Crippen LogP contribution in [0.25, 0.3) is 0 Å². The van der Waals surface area contributed by atoms with Crippen molar-refractivity contribution in [3.63, 3.8) is 0 Å². The lowest BCUT2D eigenvalue weighted by Crippen LogP contribution is -2.59. The summed E-state index contributed by atoms with van der Waals surface area (Å²) in [4.78, 5) is 42.0. The summed E-state index contributed by atoms with van der Waals surface area (Å²) in [5.74, 6) is -0.763. The highest BCUT2D eigenvalue weighted by molar-refractivity contribution is 5.97. The maximum atomic E-state index is 14.0. The Morgan fingerprint density at radius 3 is 2.24 bits per heavy atom. The van der Waals surface area contributed by atoms with Gasteiger partial charge in [0.05, 0.1) is 5.56 Å². The number of ether oxygens (including phenoxy) is 2. The summed E-state index contributed by atoms with van der Waals surface area (Å²) < 4.78 is 25.4. The Balaban J connectivity index is 1.34. The van der Waals surface area contributed by atoms with E-state index in [9.17, 15) is 18.8 Å². The van der Waals surface area contributed by atoms with E-state index in [0.717, 1.165) is 0 Å². The summed E-state index contributed by atoms with van der Waals surface area (Å²) >= 11 is 0. The zero-order valence-electron chi connectivity index (χ0n) is 19.2. The number of hydrogen-bond donors (Lipinski definition) is 1. The number of para-hydroxylation sites is 2. The van der Waals surface area contributed by atoms with Crippen LogP contribution >= 0.6 is 0 Å². The standard InChI is InChI=1S/C25H28FN3O5/c1-16(2)22(27-23(30)17-7-3-4-8-18(17)26)25(32)29-13-11-28(12-14-29)24(31)21-15-33-19-9-5-6-10-20(19)34-21/h3-10,16,21-22H,11-15H2,1-2H3,(H,27,30)/t21-,22-/m1/s1. The average molecular weight is 470 g/mol. The van der Waals surface area contributed by atoms with Crippen LogP contribution in [0.4, 0.5) is 4.39 Å². The lowest BCUT2D eigenvalue weighted by molar-refractivity contribution is -0.147. The van der Waals surface area contributed by atoms with Crippen LogP contribution < -0.4 is 14.8 Å². The Bertz CT molecular complexity index is 1070. The number of fused-ring (bicyclic) bond motifs is 1. The number of rotatable bonds is 5. The highest BCUT2D eigenvalue weighted by Crippen LogP contribution is 2.31. The van der Waals surface area contributed by atoms with Crippen molar-refractivity contribution < 1.29 is 28.2 Å². The van der Waals surface area contributed by atoms with Gasteiger partial charge >= 0.3 is 0 Å². The fourth-order valence-electron chi connectivity index (χ4n) is 4.07. The van der Waals surface area contributed by atoms with Crippen LogP contribution in [0.15, 0.2) is 48.5 Å². The zero-order chi connectivity index (χ0) is 24.2. The van der Waals surface area contributed by atoms with Gasteiger partial charge in [0.2, 0.25) is 12.0 Å². The van der Waals surface area contributed by atoms with Crippen LogP contribution in [0.3, 0.4) is 0 Å². The van der Waals surface area contributed by atoms with Crippen LogP contribution in [0.1, 0.15) is 24.2 Å². The molecule has 2 aliphatic rings. The normalized spacial score (nSPS) is 18.4. The second kappa shape index (κ2) is 10.1. The van der Waals surface area contributed by atoms with Crippen LogP contribution in [0.2, 0.25) is 0 Å². The molecule has 2 aromatic carbocycles. The molecule has 34 heavy (non-hydrogen) atoms. The first-order chi connectivity index (χ1) is 16.3. The van der Waals surface area contributed by atoms with Crippen molar-refractivity contribution in [2.75, 3.05) is 32.8 Å². The Hall–Kier alpha value is -3.62. The Labute approximate surface area is 197 Å². The molecule has 180 valence electrons. The first kappa shape index (κ1) is 23.5. The van der Waals surface area contributed by atoms with E-state index in [0.29, 0.717) is 37.7 Å². The molecular formula is C25H28FN3O5. The van der Waals surface area contributed by atoms with E-state index in [1.807, 2.05) is 26.0 Å². The molecule has 2 aliphatic heterocycles. The quantitative estimate of drug-likeness (QED) is 0.725. The molecule has 1 N–H and O–H groups in total. The van der Waals surface area contributed by atoms with Crippen molar-refractivity contribution >= 4 is 17.7 Å². The van der Waals surface area contributed by atoms with E-state index in [1.165, 1.54) is 18.2 Å². The number of hydrogen-bond acceptors (Lipinski definition) is 5. The molecule has 2 aromatic rings. The largest absolute Gasteiger partial charge is 0.485 e. The van der Waals surface area contributed by atoms with Gasteiger partial charge in [-0.3, -0.25) is 14.4 Å². The molecule has 1 fully saturated rings. The first-order valence-electron chi connectivity index (χ1n) is 11.4. The summed E-state index contributed by atoms with van der Waals surface area (Å²) in [6.07, 6.45) is -0.736. The number of nitrogens with zero attached hydrogens (tertiary/aromatic N) is 2. The molecule has 1 saturated heterocycles. The third-order valence-electron chi connectivity index (χ3n) is 6.02. The monoisotopic (exact) mass is 469 g/mol. The van der Waals surface area contributed by atoms with Gasteiger partial charge in [0.15, 0.2) is 11.5 Å². The minimum Gasteiger partial charge on any atom is -0.485 e. The van der Waals surface area contributed by atoms with Gasteiger partial charge in [-0.2, -0.15) is 0 Å². The number of amides is 3. The molecule has 8 nitrogen and oxygen atoms in total. The Morgan fingerprint density at radius 1 is 0.941 bits per heavy atom. The third-order valence-corrected chi connectivity index (χ3v) is 6.02. The molecule has 2 heterocycles. The van der Waals surface area contributed by atoms with E-state index in [2.05, 4.69) is 5.32 Å². The second-order valence-electron chi connectivity index (χ2n) is 8.69. The molecular weight excluding hydrogens is 441 g/mol. The van der Waals surface area contributed by atoms with Gasteiger partial charge in [-0.15, -0.1) is 0 Å². The predicted octanol–water partition coefficient (Wildman–Crippen LogP) is 2.09. The third kappa shape index (κ3) is 4.98. The average Bonchev–Trinajstić information content (AvgIpc) is 2.86. The number of carbonyl (C=O) groups is 3. The van der Waals surface area contributed by atoms with E-state index in [-0.39, 0.29) is 29.9 Å². The number of benzene rings is 2. The predicted molar refractivity (Wildman–Crippen MR) is 122 cm³/mol. The van der Waals surface area contributed by atoms with Gasteiger partial charge in [-0.25, -0.2) is 4.39 Å². The van der Waals surface area contributed by atoms with Gasteiger partial charge in [0.1, 0.15) is 18.5 Å². The molecule has 0 aliphatic carbocycles. The van der Waals surface area contributed by atoms with Crippen LogP contribution in [0, 0.1) is 11.7 Å². The van der Waals surface area contributed by atoms with Gasteiger partial charge < -0.3 is 24.6 Å². The van der Waals surface area contributed by atoms with Crippen LogP contribution in [-0.2, 0) is 9.59 Å². The number of carbonyl (C=O) groups excluding carboxylic acids is 3. The van der Waals surface area contributed by atoms with Crippen molar-refractivity contribution in [3.8, 4) is 11.5 Å². The van der Waals surface area contributed by atoms with Crippen LogP contribution in [0.5, 0.6) is 11.5 Å². The fraction of sp³-hybridized carbons (Fsp3) is 0.400. The Morgan fingerprint density at radius 2 is 1.56 bits per heavy atom. The smallest absolute Gasteiger partial charge is 0.267 e. The summed E-state index contributed by atoms with van der Waals surface area (Å²) in [6.45, 7) is 5.12. The summed E-state index contributed by atoms with van der Waals surface area (Å²) in [5, 5.41) is 2.68. The second-order valence-corrected chi connectivity index (χ2v) is 8.69. The van der Waals surface area contributed by atoms with E-state index in [1.54, 1.807) is 28.0 Å². The van der Waals surface area contributed by atoms with Gasteiger partial charge in [0, 0.05) is 26.2 Å². The molecule has 0 bridgehead atoms. The molecule has 0 aromatic heterocycles. The molecule has 4 rings (SSSR count). The summed E-state index contributed by atoms with van der Waals surface area (Å²) in [7, 11) is 0. The SMILES string of the molecule is CC(C)[C@@H](NC(=O)c1ccccc1F)C(=O)N1CCN(C(=O)[C@H]2COc3ccccc3O2)CC1. The fourth-order valence-corrected chi connectivity index (χ4v) is 4.07. The molecule has 3 amide bonds. The first-order valence-corrected chi connectivity index (χ1v) is 11.4. The van der Waals surface area contributed by atoms with Crippen molar-refractivity contribution in [3.05, 3.63) is 59.9 Å². The maximum absolute atomic E-state index is 14.0.